The van der Waals surface area contributed by atoms with Crippen LogP contribution in [0.1, 0.15) is 5.56 Å². The number of aromatic nitrogens is 1. The molecule has 0 aliphatic heterocycles. The molecular formula is C11H8N2O. The first kappa shape index (κ1) is 8.39. The number of rotatable bonds is 1. The van der Waals surface area contributed by atoms with E-state index in [1.165, 1.54) is 0 Å². The second-order valence-corrected chi connectivity index (χ2v) is 2.94. The van der Waals surface area contributed by atoms with E-state index in [1.807, 2.05) is 12.1 Å². The maximum atomic E-state index is 9.26. The third kappa shape index (κ3) is 1.46. The summed E-state index contributed by atoms with van der Waals surface area (Å²) in [5.74, 6) is 0.217. The molecule has 0 saturated carbocycles. The van der Waals surface area contributed by atoms with Crippen molar-refractivity contribution in [2.45, 2.75) is 0 Å². The molecule has 2 rings (SSSR count). The molecule has 0 bridgehead atoms. The maximum Gasteiger partial charge on any atom is 0.117 e. The first-order chi connectivity index (χ1) is 6.79. The minimum Gasteiger partial charge on any atom is -0.508 e. The summed E-state index contributed by atoms with van der Waals surface area (Å²) in [5, 5.41) is 17.9. The van der Waals surface area contributed by atoms with Crippen LogP contribution in [0.5, 0.6) is 5.75 Å². The van der Waals surface area contributed by atoms with Crippen LogP contribution in [0, 0.1) is 11.3 Å². The van der Waals surface area contributed by atoms with Crippen LogP contribution in [0.2, 0.25) is 0 Å². The van der Waals surface area contributed by atoms with Crippen LogP contribution < -0.4 is 0 Å². The minimum atomic E-state index is 0.217. The molecule has 3 heteroatoms. The van der Waals surface area contributed by atoms with Crippen molar-refractivity contribution in [3.05, 3.63) is 48.3 Å². The number of phenolic OH excluding ortho intramolecular Hbond substituents is 1. The Hall–Kier alpha value is -2.21. The number of benzene rings is 1. The topological polar surface area (TPSA) is 49.0 Å². The molecule has 0 atom stereocenters. The summed E-state index contributed by atoms with van der Waals surface area (Å²) >= 11 is 0. The fourth-order valence-electron chi connectivity index (χ4n) is 1.28. The van der Waals surface area contributed by atoms with Crippen molar-refractivity contribution >= 4 is 0 Å². The smallest absolute Gasteiger partial charge is 0.117 e. The van der Waals surface area contributed by atoms with Crippen LogP contribution in [-0.4, -0.2) is 9.67 Å². The van der Waals surface area contributed by atoms with Crippen molar-refractivity contribution in [3.8, 4) is 17.5 Å². The number of aromatic hydroxyl groups is 1. The second kappa shape index (κ2) is 3.27. The minimum absolute atomic E-state index is 0.217. The van der Waals surface area contributed by atoms with Crippen molar-refractivity contribution in [3.63, 3.8) is 0 Å². The molecule has 0 radical (unpaired) electrons. The van der Waals surface area contributed by atoms with E-state index in [4.69, 9.17) is 5.26 Å². The Kier molecular flexibility index (Phi) is 1.96. The molecule has 0 unspecified atom stereocenters. The molecule has 1 aromatic heterocycles. The Morgan fingerprint density at radius 3 is 2.79 bits per heavy atom. The Balaban J connectivity index is 2.45. The van der Waals surface area contributed by atoms with Gasteiger partial charge >= 0.3 is 0 Å². The fourth-order valence-corrected chi connectivity index (χ4v) is 1.28. The van der Waals surface area contributed by atoms with E-state index in [0.29, 0.717) is 5.56 Å². The van der Waals surface area contributed by atoms with Crippen molar-refractivity contribution in [1.82, 2.24) is 4.57 Å². The average Bonchev–Trinajstić information content (AvgIpc) is 2.66. The quantitative estimate of drug-likeness (QED) is 0.737. The first-order valence-corrected chi connectivity index (χ1v) is 4.17. The highest BCUT2D eigenvalue weighted by Gasteiger charge is 1.98. The number of hydrogen-bond donors (Lipinski definition) is 1. The van der Waals surface area contributed by atoms with E-state index in [1.54, 1.807) is 41.2 Å². The number of hydrogen-bond acceptors (Lipinski definition) is 2. The average molecular weight is 184 g/mol. The van der Waals surface area contributed by atoms with Gasteiger partial charge < -0.3 is 9.67 Å². The van der Waals surface area contributed by atoms with E-state index < -0.39 is 0 Å². The molecule has 14 heavy (non-hydrogen) atoms. The first-order valence-electron chi connectivity index (χ1n) is 4.17. The zero-order chi connectivity index (χ0) is 9.97. The predicted molar refractivity (Wildman–Crippen MR) is 52.1 cm³/mol. The van der Waals surface area contributed by atoms with Crippen molar-refractivity contribution < 1.29 is 5.11 Å². The Morgan fingerprint density at radius 1 is 1.29 bits per heavy atom. The third-order valence-electron chi connectivity index (χ3n) is 1.95. The molecule has 0 saturated heterocycles. The van der Waals surface area contributed by atoms with Gasteiger partial charge in [0.1, 0.15) is 11.8 Å². The van der Waals surface area contributed by atoms with Crippen molar-refractivity contribution in [2.24, 2.45) is 0 Å². The zero-order valence-corrected chi connectivity index (χ0v) is 7.38. The van der Waals surface area contributed by atoms with Gasteiger partial charge in [0.25, 0.3) is 0 Å². The standard InChI is InChI=1S/C11H8N2O/c12-7-9-4-5-13(8-9)10-2-1-3-11(14)6-10/h1-6,8,14H. The summed E-state index contributed by atoms with van der Waals surface area (Å²) in [6.07, 6.45) is 3.50. The van der Waals surface area contributed by atoms with Gasteiger partial charge in [-0.3, -0.25) is 0 Å². The Labute approximate surface area is 81.5 Å². The van der Waals surface area contributed by atoms with Gasteiger partial charge in [-0.2, -0.15) is 5.26 Å². The molecule has 0 spiro atoms. The summed E-state index contributed by atoms with van der Waals surface area (Å²) in [5.41, 5.74) is 1.44. The monoisotopic (exact) mass is 184 g/mol. The highest BCUT2D eigenvalue weighted by molar-refractivity contribution is 5.41. The van der Waals surface area contributed by atoms with Gasteiger partial charge in [-0.05, 0) is 18.2 Å². The molecule has 0 aliphatic carbocycles. The number of nitrogens with zero attached hydrogens (tertiary/aromatic N) is 2. The summed E-state index contributed by atoms with van der Waals surface area (Å²) < 4.78 is 1.79. The number of phenols is 1. The van der Waals surface area contributed by atoms with Crippen molar-refractivity contribution in [2.75, 3.05) is 0 Å². The molecule has 0 amide bonds. The lowest BCUT2D eigenvalue weighted by atomic mass is 10.3. The van der Waals surface area contributed by atoms with Gasteiger partial charge in [0.05, 0.1) is 5.56 Å². The van der Waals surface area contributed by atoms with E-state index in [2.05, 4.69) is 0 Å². The van der Waals surface area contributed by atoms with Crippen LogP contribution in [0.3, 0.4) is 0 Å². The molecule has 0 aliphatic rings. The predicted octanol–water partition coefficient (Wildman–Crippen LogP) is 2.05. The van der Waals surface area contributed by atoms with Crippen LogP contribution in [0.25, 0.3) is 5.69 Å². The molecule has 2 aromatic rings. The van der Waals surface area contributed by atoms with Gasteiger partial charge in [0, 0.05) is 24.1 Å². The molecule has 1 heterocycles. The van der Waals surface area contributed by atoms with Gasteiger partial charge in [-0.15, -0.1) is 0 Å². The lowest BCUT2D eigenvalue weighted by Gasteiger charge is -2.01. The molecule has 0 fully saturated rings. The fraction of sp³-hybridized carbons (Fsp3) is 0. The van der Waals surface area contributed by atoms with Crippen LogP contribution in [-0.2, 0) is 0 Å². The summed E-state index contributed by atoms with van der Waals surface area (Å²) in [7, 11) is 0. The van der Waals surface area contributed by atoms with Gasteiger partial charge in [0.15, 0.2) is 0 Å². The van der Waals surface area contributed by atoms with Gasteiger partial charge in [-0.1, -0.05) is 6.07 Å². The summed E-state index contributed by atoms with van der Waals surface area (Å²) in [6.45, 7) is 0. The molecule has 68 valence electrons. The molecule has 1 aromatic carbocycles. The molecule has 3 nitrogen and oxygen atoms in total. The van der Waals surface area contributed by atoms with Crippen molar-refractivity contribution in [1.29, 1.82) is 5.26 Å². The van der Waals surface area contributed by atoms with E-state index in [9.17, 15) is 5.11 Å². The summed E-state index contributed by atoms with van der Waals surface area (Å²) in [4.78, 5) is 0. The Morgan fingerprint density at radius 2 is 2.14 bits per heavy atom. The molecule has 1 N–H and O–H groups in total. The van der Waals surface area contributed by atoms with Crippen LogP contribution in [0.4, 0.5) is 0 Å². The second-order valence-electron chi connectivity index (χ2n) is 2.94. The maximum absolute atomic E-state index is 9.26. The van der Waals surface area contributed by atoms with E-state index in [0.717, 1.165) is 5.69 Å². The van der Waals surface area contributed by atoms with Gasteiger partial charge in [-0.25, -0.2) is 0 Å². The SMILES string of the molecule is N#Cc1ccn(-c2cccc(O)c2)c1. The largest absolute Gasteiger partial charge is 0.508 e. The van der Waals surface area contributed by atoms with E-state index >= 15 is 0 Å². The van der Waals surface area contributed by atoms with Crippen LogP contribution in [0.15, 0.2) is 42.7 Å². The Bertz CT molecular complexity index is 494. The summed E-state index contributed by atoms with van der Waals surface area (Å²) in [6, 6.07) is 10.6. The lowest BCUT2D eigenvalue weighted by Crippen LogP contribution is -1.88. The third-order valence-corrected chi connectivity index (χ3v) is 1.95. The van der Waals surface area contributed by atoms with Crippen LogP contribution >= 0.6 is 0 Å². The highest BCUT2D eigenvalue weighted by Crippen LogP contribution is 2.15. The molecular weight excluding hydrogens is 176 g/mol. The highest BCUT2D eigenvalue weighted by atomic mass is 16.3. The zero-order valence-electron chi connectivity index (χ0n) is 7.38. The van der Waals surface area contributed by atoms with E-state index in [-0.39, 0.29) is 5.75 Å². The number of nitriles is 1. The lowest BCUT2D eigenvalue weighted by molar-refractivity contribution is 0.475. The normalized spacial score (nSPS) is 9.64. The van der Waals surface area contributed by atoms with Gasteiger partial charge in [0.2, 0.25) is 0 Å².